The molecular formula is C9H10ClNO. The van der Waals surface area contributed by atoms with E-state index in [0.29, 0.717) is 5.02 Å². The largest absolute Gasteiger partial charge is 0.506 e. The van der Waals surface area contributed by atoms with Crippen molar-refractivity contribution >= 4 is 11.6 Å². The maximum atomic E-state index is 9.31. The number of phenolic OH excluding ortho intramolecular Hbond substituents is 1. The molecule has 0 aromatic heterocycles. The second-order valence-corrected chi connectivity index (χ2v) is 3.49. The zero-order valence-corrected chi connectivity index (χ0v) is 7.30. The Bertz CT molecular complexity index is 325. The van der Waals surface area contributed by atoms with Crippen molar-refractivity contribution in [1.82, 2.24) is 0 Å². The fraction of sp³-hybridized carbons (Fsp3) is 0.333. The van der Waals surface area contributed by atoms with Crippen molar-refractivity contribution in [3.63, 3.8) is 0 Å². The Morgan fingerprint density at radius 1 is 1.50 bits per heavy atom. The molecule has 1 atom stereocenters. The molecule has 12 heavy (non-hydrogen) atoms. The molecule has 1 aliphatic rings. The molecule has 3 heteroatoms. The Morgan fingerprint density at radius 2 is 2.25 bits per heavy atom. The number of phenols is 1. The van der Waals surface area contributed by atoms with Crippen LogP contribution in [-0.4, -0.2) is 5.11 Å². The summed E-state index contributed by atoms with van der Waals surface area (Å²) in [6.45, 7) is 0. The molecule has 2 nitrogen and oxygen atoms in total. The number of hydrogen-bond donors (Lipinski definition) is 2. The first-order valence-corrected chi connectivity index (χ1v) is 4.34. The molecule has 1 aromatic rings. The molecule has 64 valence electrons. The summed E-state index contributed by atoms with van der Waals surface area (Å²) in [5.41, 5.74) is 7.92. The summed E-state index contributed by atoms with van der Waals surface area (Å²) in [4.78, 5) is 0. The Kier molecular flexibility index (Phi) is 1.74. The summed E-state index contributed by atoms with van der Waals surface area (Å²) < 4.78 is 0. The van der Waals surface area contributed by atoms with Gasteiger partial charge in [0.15, 0.2) is 0 Å². The zero-order valence-electron chi connectivity index (χ0n) is 6.55. The van der Waals surface area contributed by atoms with Gasteiger partial charge < -0.3 is 10.8 Å². The molecule has 0 fully saturated rings. The van der Waals surface area contributed by atoms with Gasteiger partial charge in [-0.05, 0) is 30.0 Å². The van der Waals surface area contributed by atoms with E-state index in [4.69, 9.17) is 17.3 Å². The average molecular weight is 184 g/mol. The molecule has 1 aliphatic carbocycles. The quantitative estimate of drug-likeness (QED) is 0.646. The number of nitrogens with two attached hydrogens (primary N) is 1. The zero-order chi connectivity index (χ0) is 8.72. The second-order valence-electron chi connectivity index (χ2n) is 3.12. The predicted octanol–water partition coefficient (Wildman–Crippen LogP) is 1.99. The molecule has 0 saturated heterocycles. The SMILES string of the molecule is N[C@H]1CCc2ccc(O)c(Cl)c21. The van der Waals surface area contributed by atoms with Crippen LogP contribution in [0.25, 0.3) is 0 Å². The smallest absolute Gasteiger partial charge is 0.134 e. The molecule has 0 heterocycles. The normalized spacial score (nSPS) is 21.0. The monoisotopic (exact) mass is 183 g/mol. The first kappa shape index (κ1) is 7.90. The lowest BCUT2D eigenvalue weighted by atomic mass is 10.1. The Balaban J connectivity index is 2.63. The summed E-state index contributed by atoms with van der Waals surface area (Å²) in [6.07, 6.45) is 1.90. The summed E-state index contributed by atoms with van der Waals surface area (Å²) in [5, 5.41) is 9.74. The summed E-state index contributed by atoms with van der Waals surface area (Å²) in [5.74, 6) is 0.132. The van der Waals surface area contributed by atoms with Crippen LogP contribution < -0.4 is 5.73 Å². The standard InChI is InChI=1S/C9H10ClNO/c10-9-7(12)4-2-5-1-3-6(11)8(5)9/h2,4,6,12H,1,3,11H2/t6-/m0/s1. The highest BCUT2D eigenvalue weighted by Gasteiger charge is 2.23. The summed E-state index contributed by atoms with van der Waals surface area (Å²) >= 11 is 5.90. The van der Waals surface area contributed by atoms with Gasteiger partial charge in [-0.2, -0.15) is 0 Å². The fourth-order valence-corrected chi connectivity index (χ4v) is 2.02. The van der Waals surface area contributed by atoms with Gasteiger partial charge in [-0.1, -0.05) is 17.7 Å². The van der Waals surface area contributed by atoms with E-state index in [1.165, 1.54) is 5.56 Å². The number of fused-ring (bicyclic) bond motifs is 1. The lowest BCUT2D eigenvalue weighted by molar-refractivity contribution is 0.474. The van der Waals surface area contributed by atoms with Crippen molar-refractivity contribution in [1.29, 1.82) is 0 Å². The number of halogens is 1. The maximum absolute atomic E-state index is 9.31. The molecular weight excluding hydrogens is 174 g/mol. The third-order valence-corrected chi connectivity index (χ3v) is 2.74. The van der Waals surface area contributed by atoms with Gasteiger partial charge in [0.25, 0.3) is 0 Å². The first-order valence-electron chi connectivity index (χ1n) is 3.96. The van der Waals surface area contributed by atoms with Crippen LogP contribution in [-0.2, 0) is 6.42 Å². The van der Waals surface area contributed by atoms with E-state index < -0.39 is 0 Å². The van der Waals surface area contributed by atoms with E-state index >= 15 is 0 Å². The summed E-state index contributed by atoms with van der Waals surface area (Å²) in [7, 11) is 0. The van der Waals surface area contributed by atoms with Gasteiger partial charge in [-0.3, -0.25) is 0 Å². The second kappa shape index (κ2) is 2.64. The van der Waals surface area contributed by atoms with Crippen molar-refractivity contribution in [3.05, 3.63) is 28.3 Å². The van der Waals surface area contributed by atoms with Gasteiger partial charge in [0.05, 0.1) is 5.02 Å². The maximum Gasteiger partial charge on any atom is 0.134 e. The minimum Gasteiger partial charge on any atom is -0.506 e. The molecule has 0 bridgehead atoms. The number of hydrogen-bond acceptors (Lipinski definition) is 2. The van der Waals surface area contributed by atoms with Crippen LogP contribution in [0.1, 0.15) is 23.6 Å². The van der Waals surface area contributed by atoms with E-state index in [9.17, 15) is 5.11 Å². The third kappa shape index (κ3) is 0.993. The van der Waals surface area contributed by atoms with E-state index in [-0.39, 0.29) is 11.8 Å². The molecule has 0 unspecified atom stereocenters. The van der Waals surface area contributed by atoms with Crippen molar-refractivity contribution < 1.29 is 5.11 Å². The molecule has 0 amide bonds. The fourth-order valence-electron chi connectivity index (χ4n) is 1.70. The van der Waals surface area contributed by atoms with Crippen LogP contribution in [0, 0.1) is 0 Å². The van der Waals surface area contributed by atoms with Gasteiger partial charge in [-0.15, -0.1) is 0 Å². The van der Waals surface area contributed by atoms with Gasteiger partial charge >= 0.3 is 0 Å². The average Bonchev–Trinajstić information content (AvgIpc) is 2.41. The highest BCUT2D eigenvalue weighted by molar-refractivity contribution is 6.33. The highest BCUT2D eigenvalue weighted by atomic mass is 35.5. The third-order valence-electron chi connectivity index (χ3n) is 2.35. The minimum absolute atomic E-state index is 0.000370. The van der Waals surface area contributed by atoms with Gasteiger partial charge in [-0.25, -0.2) is 0 Å². The number of rotatable bonds is 0. The number of aromatic hydroxyl groups is 1. The first-order chi connectivity index (χ1) is 5.70. The van der Waals surface area contributed by atoms with Crippen LogP contribution in [0.3, 0.4) is 0 Å². The molecule has 0 spiro atoms. The van der Waals surface area contributed by atoms with Crippen molar-refractivity contribution in [3.8, 4) is 5.75 Å². The van der Waals surface area contributed by atoms with E-state index in [0.717, 1.165) is 18.4 Å². The van der Waals surface area contributed by atoms with Crippen molar-refractivity contribution in [2.24, 2.45) is 5.73 Å². The predicted molar refractivity (Wildman–Crippen MR) is 48.4 cm³/mol. The lowest BCUT2D eigenvalue weighted by Gasteiger charge is -2.07. The van der Waals surface area contributed by atoms with Crippen LogP contribution >= 0.6 is 11.6 Å². The van der Waals surface area contributed by atoms with Crippen molar-refractivity contribution in [2.75, 3.05) is 0 Å². The van der Waals surface area contributed by atoms with Gasteiger partial charge in [0.2, 0.25) is 0 Å². The molecule has 0 saturated carbocycles. The lowest BCUT2D eigenvalue weighted by Crippen LogP contribution is -2.05. The molecule has 1 aromatic carbocycles. The molecule has 3 N–H and O–H groups in total. The Labute approximate surface area is 76.0 Å². The molecule has 2 rings (SSSR count). The number of aryl methyl sites for hydroxylation is 1. The van der Waals surface area contributed by atoms with E-state index in [1.807, 2.05) is 6.07 Å². The molecule has 0 aliphatic heterocycles. The summed E-state index contributed by atoms with van der Waals surface area (Å²) in [6, 6.07) is 3.52. The van der Waals surface area contributed by atoms with Crippen LogP contribution in [0.5, 0.6) is 5.75 Å². The van der Waals surface area contributed by atoms with Crippen LogP contribution in [0.4, 0.5) is 0 Å². The molecule has 0 radical (unpaired) electrons. The van der Waals surface area contributed by atoms with Crippen molar-refractivity contribution in [2.45, 2.75) is 18.9 Å². The van der Waals surface area contributed by atoms with Crippen LogP contribution in [0.2, 0.25) is 5.02 Å². The van der Waals surface area contributed by atoms with Crippen LogP contribution in [0.15, 0.2) is 12.1 Å². The van der Waals surface area contributed by atoms with E-state index in [2.05, 4.69) is 0 Å². The Morgan fingerprint density at radius 3 is 3.00 bits per heavy atom. The number of benzene rings is 1. The van der Waals surface area contributed by atoms with E-state index in [1.54, 1.807) is 6.07 Å². The minimum atomic E-state index is -0.000370. The topological polar surface area (TPSA) is 46.2 Å². The Hall–Kier alpha value is -0.730. The van der Waals surface area contributed by atoms with Gasteiger partial charge in [0.1, 0.15) is 5.75 Å². The highest BCUT2D eigenvalue weighted by Crippen LogP contribution is 2.39. The van der Waals surface area contributed by atoms with Gasteiger partial charge in [0, 0.05) is 6.04 Å².